The zero-order chi connectivity index (χ0) is 13.7. The molecule has 1 amide bonds. The van der Waals surface area contributed by atoms with Crippen molar-refractivity contribution in [1.29, 1.82) is 0 Å². The molecule has 0 saturated heterocycles. The summed E-state index contributed by atoms with van der Waals surface area (Å²) in [6, 6.07) is 2.43. The summed E-state index contributed by atoms with van der Waals surface area (Å²) in [6.45, 7) is 1.86. The lowest BCUT2D eigenvalue weighted by Crippen LogP contribution is -2.37. The van der Waals surface area contributed by atoms with Crippen molar-refractivity contribution in [2.24, 2.45) is 5.73 Å². The Kier molecular flexibility index (Phi) is 5.15. The average Bonchev–Trinajstić information content (AvgIpc) is 2.26. The van der Waals surface area contributed by atoms with Crippen LogP contribution in [0.15, 0.2) is 18.2 Å². The third-order valence-corrected chi connectivity index (χ3v) is 2.57. The topological polar surface area (TPSA) is 55.1 Å². The lowest BCUT2D eigenvalue weighted by molar-refractivity contribution is 0.0936. The Bertz CT molecular complexity index is 445. The molecule has 6 heteroatoms. The highest BCUT2D eigenvalue weighted by molar-refractivity contribution is 7.80. The van der Waals surface area contributed by atoms with Gasteiger partial charge < -0.3 is 11.1 Å². The van der Waals surface area contributed by atoms with Crippen LogP contribution in [0.2, 0.25) is 0 Å². The van der Waals surface area contributed by atoms with Crippen molar-refractivity contribution in [3.05, 3.63) is 35.4 Å². The Hall–Kier alpha value is -1.56. The molecule has 3 nitrogen and oxygen atoms in total. The van der Waals surface area contributed by atoms with Gasteiger partial charge >= 0.3 is 0 Å². The van der Waals surface area contributed by atoms with Crippen LogP contribution >= 0.6 is 12.2 Å². The van der Waals surface area contributed by atoms with Crippen LogP contribution < -0.4 is 11.1 Å². The Morgan fingerprint density at radius 1 is 1.39 bits per heavy atom. The maximum Gasteiger partial charge on any atom is 0.251 e. The fourth-order valence-corrected chi connectivity index (χ4v) is 1.70. The molecule has 1 unspecified atom stereocenters. The van der Waals surface area contributed by atoms with E-state index in [-0.39, 0.29) is 16.6 Å². The van der Waals surface area contributed by atoms with Gasteiger partial charge in [0.05, 0.1) is 4.99 Å². The van der Waals surface area contributed by atoms with Crippen molar-refractivity contribution < 1.29 is 13.6 Å². The van der Waals surface area contributed by atoms with Crippen LogP contribution in [0.3, 0.4) is 0 Å². The standard InChI is InChI=1S/C12H14F2N2OS/c1-2-10(6-11(15)18)16-12(17)7-3-8(13)5-9(14)4-7/h3-5,10H,2,6H2,1H3,(H2,15,18)(H,16,17). The van der Waals surface area contributed by atoms with Gasteiger partial charge in [-0.05, 0) is 18.6 Å². The van der Waals surface area contributed by atoms with E-state index in [4.69, 9.17) is 18.0 Å². The van der Waals surface area contributed by atoms with Gasteiger partial charge in [0.2, 0.25) is 0 Å². The lowest BCUT2D eigenvalue weighted by atomic mass is 10.1. The molecule has 0 aliphatic heterocycles. The number of carbonyl (C=O) groups is 1. The van der Waals surface area contributed by atoms with Crippen LogP contribution in [0, 0.1) is 11.6 Å². The zero-order valence-corrected chi connectivity index (χ0v) is 10.7. The maximum atomic E-state index is 13.0. The predicted octanol–water partition coefficient (Wildman–Crippen LogP) is 2.15. The van der Waals surface area contributed by atoms with Crippen molar-refractivity contribution in [1.82, 2.24) is 5.32 Å². The van der Waals surface area contributed by atoms with Gasteiger partial charge in [0.1, 0.15) is 11.6 Å². The van der Waals surface area contributed by atoms with Crippen LogP contribution in [0.25, 0.3) is 0 Å². The Labute approximate surface area is 109 Å². The average molecular weight is 272 g/mol. The van der Waals surface area contributed by atoms with Gasteiger partial charge in [-0.2, -0.15) is 0 Å². The van der Waals surface area contributed by atoms with Crippen molar-refractivity contribution in [2.45, 2.75) is 25.8 Å². The van der Waals surface area contributed by atoms with Gasteiger partial charge in [-0.1, -0.05) is 19.1 Å². The first-order valence-corrected chi connectivity index (χ1v) is 5.88. The molecule has 0 saturated carbocycles. The normalized spacial score (nSPS) is 11.9. The van der Waals surface area contributed by atoms with Gasteiger partial charge in [-0.15, -0.1) is 0 Å². The Morgan fingerprint density at radius 3 is 2.39 bits per heavy atom. The number of rotatable bonds is 5. The number of benzene rings is 1. The molecule has 1 rings (SSSR count). The van der Waals surface area contributed by atoms with Crippen molar-refractivity contribution in [3.63, 3.8) is 0 Å². The van der Waals surface area contributed by atoms with E-state index in [1.807, 2.05) is 6.92 Å². The summed E-state index contributed by atoms with van der Waals surface area (Å²) in [5.41, 5.74) is 5.33. The van der Waals surface area contributed by atoms with E-state index >= 15 is 0 Å². The second kappa shape index (κ2) is 6.39. The monoisotopic (exact) mass is 272 g/mol. The van der Waals surface area contributed by atoms with Crippen molar-refractivity contribution in [2.75, 3.05) is 0 Å². The number of thiocarbonyl (C=S) groups is 1. The molecule has 18 heavy (non-hydrogen) atoms. The van der Waals surface area contributed by atoms with Crippen LogP contribution in [-0.4, -0.2) is 16.9 Å². The molecule has 0 spiro atoms. The third kappa shape index (κ3) is 4.37. The number of halogens is 2. The molecule has 1 atom stereocenters. The van der Waals surface area contributed by atoms with Gasteiger partial charge in [0, 0.05) is 24.1 Å². The van der Waals surface area contributed by atoms with E-state index in [1.54, 1.807) is 0 Å². The minimum Gasteiger partial charge on any atom is -0.393 e. The van der Waals surface area contributed by atoms with Crippen molar-refractivity contribution in [3.8, 4) is 0 Å². The minimum absolute atomic E-state index is 0.0612. The highest BCUT2D eigenvalue weighted by Gasteiger charge is 2.14. The van der Waals surface area contributed by atoms with Gasteiger partial charge in [-0.25, -0.2) is 8.78 Å². The number of nitrogens with one attached hydrogen (secondary N) is 1. The van der Waals surface area contributed by atoms with Crippen molar-refractivity contribution >= 4 is 23.1 Å². The van der Waals surface area contributed by atoms with Gasteiger partial charge in [0.25, 0.3) is 5.91 Å². The fraction of sp³-hybridized carbons (Fsp3) is 0.333. The maximum absolute atomic E-state index is 13.0. The number of hydrogen-bond acceptors (Lipinski definition) is 2. The quantitative estimate of drug-likeness (QED) is 0.808. The summed E-state index contributed by atoms with van der Waals surface area (Å²) in [4.78, 5) is 12.1. The Morgan fingerprint density at radius 2 is 1.94 bits per heavy atom. The largest absolute Gasteiger partial charge is 0.393 e. The molecule has 0 aliphatic carbocycles. The fourth-order valence-electron chi connectivity index (χ4n) is 1.49. The summed E-state index contributed by atoms with van der Waals surface area (Å²) < 4.78 is 25.9. The highest BCUT2D eigenvalue weighted by Crippen LogP contribution is 2.09. The highest BCUT2D eigenvalue weighted by atomic mass is 32.1. The second-order valence-corrected chi connectivity index (χ2v) is 4.43. The lowest BCUT2D eigenvalue weighted by Gasteiger charge is -2.16. The van der Waals surface area contributed by atoms with Gasteiger partial charge in [0.15, 0.2) is 0 Å². The van der Waals surface area contributed by atoms with Gasteiger partial charge in [-0.3, -0.25) is 4.79 Å². The Balaban J connectivity index is 2.77. The second-order valence-electron chi connectivity index (χ2n) is 3.91. The molecule has 3 N–H and O–H groups in total. The van der Waals surface area contributed by atoms with E-state index in [9.17, 15) is 13.6 Å². The molecule has 0 fully saturated rings. The van der Waals surface area contributed by atoms with E-state index in [1.165, 1.54) is 0 Å². The number of nitrogens with two attached hydrogens (primary N) is 1. The van der Waals surface area contributed by atoms with E-state index in [0.29, 0.717) is 18.9 Å². The van der Waals surface area contributed by atoms with E-state index < -0.39 is 17.5 Å². The number of hydrogen-bond donors (Lipinski definition) is 2. The van der Waals surface area contributed by atoms with E-state index in [2.05, 4.69) is 5.32 Å². The molecule has 0 aliphatic rings. The molecule has 0 bridgehead atoms. The molecule has 0 heterocycles. The summed E-state index contributed by atoms with van der Waals surface area (Å²) in [6.07, 6.45) is 0.982. The summed E-state index contributed by atoms with van der Waals surface area (Å²) in [5.74, 6) is -2.12. The first kappa shape index (κ1) is 14.5. The predicted molar refractivity (Wildman–Crippen MR) is 69.3 cm³/mol. The molecule has 0 radical (unpaired) electrons. The molecule has 1 aromatic carbocycles. The molecule has 1 aromatic rings. The first-order chi connectivity index (χ1) is 8.42. The van der Waals surface area contributed by atoms with E-state index in [0.717, 1.165) is 12.1 Å². The third-order valence-electron chi connectivity index (χ3n) is 2.40. The molecule has 0 aromatic heterocycles. The number of amides is 1. The molecular weight excluding hydrogens is 258 g/mol. The van der Waals surface area contributed by atoms with Crippen LogP contribution in [0.4, 0.5) is 8.78 Å². The molecule has 98 valence electrons. The smallest absolute Gasteiger partial charge is 0.251 e. The van der Waals surface area contributed by atoms with Crippen LogP contribution in [0.1, 0.15) is 30.1 Å². The zero-order valence-electron chi connectivity index (χ0n) is 9.87. The number of carbonyl (C=O) groups excluding carboxylic acids is 1. The summed E-state index contributed by atoms with van der Waals surface area (Å²) >= 11 is 4.76. The minimum atomic E-state index is -0.789. The first-order valence-electron chi connectivity index (χ1n) is 5.47. The summed E-state index contributed by atoms with van der Waals surface area (Å²) in [5, 5.41) is 2.63. The SMILES string of the molecule is CCC(CC(N)=S)NC(=O)c1cc(F)cc(F)c1. The molecular formula is C12H14F2N2OS. The summed E-state index contributed by atoms with van der Waals surface area (Å²) in [7, 11) is 0. The van der Waals surface area contributed by atoms with Crippen LogP contribution in [0.5, 0.6) is 0 Å². The van der Waals surface area contributed by atoms with Crippen LogP contribution in [-0.2, 0) is 0 Å².